The number of nitrogens with zero attached hydrogens (tertiary/aromatic N) is 1. The monoisotopic (exact) mass is 254 g/mol. The highest BCUT2D eigenvalue weighted by Gasteiger charge is 2.25. The first kappa shape index (κ1) is 14.9. The summed E-state index contributed by atoms with van der Waals surface area (Å²) in [6, 6.07) is 0.254. The molecule has 0 radical (unpaired) electrons. The molecule has 1 N–H and O–H groups in total. The van der Waals surface area contributed by atoms with Gasteiger partial charge in [0.05, 0.1) is 5.75 Å². The van der Waals surface area contributed by atoms with Crippen molar-refractivity contribution in [1.29, 1.82) is 0 Å². The Morgan fingerprint density at radius 1 is 1.53 bits per heavy atom. The standard InChI is InChI=1S/C9H18N2O2S.ClH/c1-3-4-7-14(12,13)11-6-5-10-9(2)8-11;/h3-4,9-10H,5-8H2,1-2H3;1H/b4-3+;/t9-;/m0./s1. The zero-order chi connectivity index (χ0) is 10.6. The van der Waals surface area contributed by atoms with Crippen LogP contribution >= 0.6 is 12.4 Å². The molecule has 0 aliphatic carbocycles. The number of sulfonamides is 1. The van der Waals surface area contributed by atoms with Gasteiger partial charge in [-0.2, -0.15) is 4.31 Å². The van der Waals surface area contributed by atoms with E-state index in [2.05, 4.69) is 5.32 Å². The number of halogens is 1. The summed E-state index contributed by atoms with van der Waals surface area (Å²) in [6.45, 7) is 5.74. The van der Waals surface area contributed by atoms with Gasteiger partial charge in [0, 0.05) is 25.7 Å². The maximum atomic E-state index is 11.7. The fourth-order valence-electron chi connectivity index (χ4n) is 1.47. The highest BCUT2D eigenvalue weighted by molar-refractivity contribution is 7.89. The van der Waals surface area contributed by atoms with Crippen LogP contribution in [0.5, 0.6) is 0 Å². The lowest BCUT2D eigenvalue weighted by Gasteiger charge is -2.30. The minimum atomic E-state index is -3.07. The minimum Gasteiger partial charge on any atom is -0.312 e. The molecule has 15 heavy (non-hydrogen) atoms. The Balaban J connectivity index is 0.00000196. The summed E-state index contributed by atoms with van der Waals surface area (Å²) < 4.78 is 25.0. The summed E-state index contributed by atoms with van der Waals surface area (Å²) in [5.74, 6) is 0.121. The predicted octanol–water partition coefficient (Wildman–Crippen LogP) is 0.608. The molecular formula is C9H19ClN2O2S. The fourth-order valence-corrected chi connectivity index (χ4v) is 2.94. The highest BCUT2D eigenvalue weighted by Crippen LogP contribution is 2.06. The molecule has 4 nitrogen and oxygen atoms in total. The Morgan fingerprint density at radius 2 is 2.20 bits per heavy atom. The summed E-state index contributed by atoms with van der Waals surface area (Å²) in [6.07, 6.45) is 3.45. The van der Waals surface area contributed by atoms with E-state index >= 15 is 0 Å². The number of piperazine rings is 1. The lowest BCUT2D eigenvalue weighted by Crippen LogP contribution is -2.51. The molecule has 1 heterocycles. The molecule has 1 atom stereocenters. The average Bonchev–Trinajstić information content (AvgIpc) is 2.15. The van der Waals surface area contributed by atoms with E-state index in [1.54, 1.807) is 16.5 Å². The van der Waals surface area contributed by atoms with Crippen molar-refractivity contribution in [2.45, 2.75) is 19.9 Å². The maximum absolute atomic E-state index is 11.7. The molecule has 1 rings (SSSR count). The van der Waals surface area contributed by atoms with Crippen LogP contribution in [-0.4, -0.2) is 44.2 Å². The third-order valence-corrected chi connectivity index (χ3v) is 4.00. The van der Waals surface area contributed by atoms with Crippen LogP contribution < -0.4 is 5.32 Å². The van der Waals surface area contributed by atoms with E-state index in [4.69, 9.17) is 0 Å². The summed E-state index contributed by atoms with van der Waals surface area (Å²) >= 11 is 0. The van der Waals surface area contributed by atoms with E-state index in [0.29, 0.717) is 13.1 Å². The van der Waals surface area contributed by atoms with E-state index in [0.717, 1.165) is 6.54 Å². The van der Waals surface area contributed by atoms with Crippen LogP contribution in [0.2, 0.25) is 0 Å². The summed E-state index contributed by atoms with van der Waals surface area (Å²) in [4.78, 5) is 0. The summed E-state index contributed by atoms with van der Waals surface area (Å²) in [5.41, 5.74) is 0. The van der Waals surface area contributed by atoms with Gasteiger partial charge in [0.25, 0.3) is 0 Å². The van der Waals surface area contributed by atoms with Gasteiger partial charge < -0.3 is 5.32 Å². The number of allylic oxidation sites excluding steroid dienone is 1. The molecule has 90 valence electrons. The average molecular weight is 255 g/mol. The molecule has 1 aliphatic rings. The molecule has 6 heteroatoms. The smallest absolute Gasteiger partial charge is 0.217 e. The molecule has 0 amide bonds. The molecule has 0 bridgehead atoms. The first-order valence-corrected chi connectivity index (χ1v) is 6.49. The SMILES string of the molecule is C/C=C/CS(=O)(=O)N1CCN[C@@H](C)C1.Cl. The van der Waals surface area contributed by atoms with Crippen molar-refractivity contribution in [3.05, 3.63) is 12.2 Å². The quantitative estimate of drug-likeness (QED) is 0.751. The second-order valence-electron chi connectivity index (χ2n) is 3.56. The fraction of sp³-hybridized carbons (Fsp3) is 0.778. The normalized spacial score (nSPS) is 24.0. The third-order valence-electron chi connectivity index (χ3n) is 2.27. The number of nitrogens with one attached hydrogen (secondary N) is 1. The number of hydrogen-bond donors (Lipinski definition) is 1. The van der Waals surface area contributed by atoms with Gasteiger partial charge in [0.1, 0.15) is 0 Å². The van der Waals surface area contributed by atoms with Crippen molar-refractivity contribution >= 4 is 22.4 Å². The van der Waals surface area contributed by atoms with E-state index in [-0.39, 0.29) is 24.2 Å². The van der Waals surface area contributed by atoms with Crippen LogP contribution in [0.15, 0.2) is 12.2 Å². The second-order valence-corrected chi connectivity index (χ2v) is 5.57. The van der Waals surface area contributed by atoms with Crippen molar-refractivity contribution in [3.8, 4) is 0 Å². The van der Waals surface area contributed by atoms with Crippen molar-refractivity contribution in [1.82, 2.24) is 9.62 Å². The molecule has 0 aromatic carbocycles. The van der Waals surface area contributed by atoms with Gasteiger partial charge in [-0.3, -0.25) is 0 Å². The Labute approximate surface area is 98.2 Å². The Morgan fingerprint density at radius 3 is 2.73 bits per heavy atom. The maximum Gasteiger partial charge on any atom is 0.217 e. The third kappa shape index (κ3) is 4.51. The summed E-state index contributed by atoms with van der Waals surface area (Å²) in [5, 5.41) is 3.22. The molecule has 0 saturated carbocycles. The van der Waals surface area contributed by atoms with Crippen LogP contribution in [0.3, 0.4) is 0 Å². The van der Waals surface area contributed by atoms with Crippen molar-refractivity contribution in [3.63, 3.8) is 0 Å². The number of hydrogen-bond acceptors (Lipinski definition) is 3. The summed E-state index contributed by atoms with van der Waals surface area (Å²) in [7, 11) is -3.07. The van der Waals surface area contributed by atoms with Gasteiger partial charge in [-0.1, -0.05) is 12.2 Å². The van der Waals surface area contributed by atoms with Crippen molar-refractivity contribution in [2.75, 3.05) is 25.4 Å². The lowest BCUT2D eigenvalue weighted by molar-refractivity contribution is 0.311. The molecule has 0 aromatic heterocycles. The van der Waals surface area contributed by atoms with Gasteiger partial charge in [0.15, 0.2) is 0 Å². The van der Waals surface area contributed by atoms with Gasteiger partial charge in [0.2, 0.25) is 10.0 Å². The molecular weight excluding hydrogens is 236 g/mol. The first-order chi connectivity index (χ1) is 6.56. The molecule has 1 fully saturated rings. The first-order valence-electron chi connectivity index (χ1n) is 4.88. The van der Waals surface area contributed by atoms with Gasteiger partial charge in [-0.25, -0.2) is 8.42 Å². The Hall–Kier alpha value is -0.100. The van der Waals surface area contributed by atoms with Crippen LogP contribution in [-0.2, 0) is 10.0 Å². The number of rotatable bonds is 3. The van der Waals surface area contributed by atoms with Crippen LogP contribution in [0, 0.1) is 0 Å². The second kappa shape index (κ2) is 6.48. The van der Waals surface area contributed by atoms with Crippen LogP contribution in [0.25, 0.3) is 0 Å². The van der Waals surface area contributed by atoms with E-state index < -0.39 is 10.0 Å². The molecule has 0 aromatic rings. The van der Waals surface area contributed by atoms with Crippen molar-refractivity contribution in [2.24, 2.45) is 0 Å². The topological polar surface area (TPSA) is 49.4 Å². The zero-order valence-corrected chi connectivity index (χ0v) is 10.8. The lowest BCUT2D eigenvalue weighted by atomic mass is 10.3. The van der Waals surface area contributed by atoms with Crippen LogP contribution in [0.1, 0.15) is 13.8 Å². The predicted molar refractivity (Wildman–Crippen MR) is 64.9 cm³/mol. The molecule has 0 spiro atoms. The molecule has 0 unspecified atom stereocenters. The van der Waals surface area contributed by atoms with E-state index in [1.807, 2.05) is 13.8 Å². The highest BCUT2D eigenvalue weighted by atomic mass is 35.5. The minimum absolute atomic E-state index is 0. The largest absolute Gasteiger partial charge is 0.312 e. The van der Waals surface area contributed by atoms with Gasteiger partial charge in [-0.15, -0.1) is 12.4 Å². The Kier molecular flexibility index (Phi) is 6.43. The van der Waals surface area contributed by atoms with Gasteiger partial charge >= 0.3 is 0 Å². The molecule has 1 saturated heterocycles. The van der Waals surface area contributed by atoms with Gasteiger partial charge in [-0.05, 0) is 13.8 Å². The molecule has 1 aliphatic heterocycles. The van der Waals surface area contributed by atoms with E-state index in [1.165, 1.54) is 0 Å². The zero-order valence-electron chi connectivity index (χ0n) is 9.14. The van der Waals surface area contributed by atoms with Crippen molar-refractivity contribution < 1.29 is 8.42 Å². The van der Waals surface area contributed by atoms with Crippen LogP contribution in [0.4, 0.5) is 0 Å². The van der Waals surface area contributed by atoms with E-state index in [9.17, 15) is 8.42 Å². The Bertz CT molecular complexity index is 303.